The van der Waals surface area contributed by atoms with Crippen molar-refractivity contribution in [2.75, 3.05) is 4.72 Å². The van der Waals surface area contributed by atoms with E-state index in [1.807, 2.05) is 48.5 Å². The quantitative estimate of drug-likeness (QED) is 0.274. The van der Waals surface area contributed by atoms with Crippen LogP contribution in [-0.4, -0.2) is 24.3 Å². The number of rotatable bonds is 7. The maximum atomic E-state index is 13.2. The van der Waals surface area contributed by atoms with Gasteiger partial charge in [-0.05, 0) is 41.0 Å². The summed E-state index contributed by atoms with van der Waals surface area (Å²) in [7, 11) is -3.90. The van der Waals surface area contributed by atoms with Crippen molar-refractivity contribution in [2.24, 2.45) is 5.73 Å². The maximum absolute atomic E-state index is 13.2. The average molecular weight is 495 g/mol. The summed E-state index contributed by atoms with van der Waals surface area (Å²) in [6.07, 6.45) is 4.80. The van der Waals surface area contributed by atoms with Crippen LogP contribution in [0.15, 0.2) is 108 Å². The molecule has 0 spiro atoms. The van der Waals surface area contributed by atoms with Gasteiger partial charge in [-0.3, -0.25) is 9.52 Å². The summed E-state index contributed by atoms with van der Waals surface area (Å²) >= 11 is 0. The van der Waals surface area contributed by atoms with Crippen LogP contribution >= 0.6 is 0 Å². The Bertz CT molecular complexity index is 1680. The fraction of sp³-hybridized carbons (Fsp3) is 0. The lowest BCUT2D eigenvalue weighted by Crippen LogP contribution is -2.13. The fourth-order valence-electron chi connectivity index (χ4n) is 4.01. The molecule has 5 rings (SSSR count). The molecule has 178 valence electrons. The van der Waals surface area contributed by atoms with Gasteiger partial charge < -0.3 is 10.7 Å². The number of aromatic amines is 1. The molecule has 7 nitrogen and oxygen atoms in total. The first-order valence-corrected chi connectivity index (χ1v) is 12.6. The second kappa shape index (κ2) is 9.52. The van der Waals surface area contributed by atoms with E-state index < -0.39 is 15.9 Å². The van der Waals surface area contributed by atoms with Gasteiger partial charge in [0, 0.05) is 23.5 Å². The standard InChI is InChI=1S/C28H22N4O3S/c29-27(33)24(21-9-5-2-6-10-21)17-22-18-31-28-26(22)25(15-16-30-28)32-36(34,35)23-13-11-20(12-14-23)19-7-3-1-4-8-19/h1-18H,(H2,29,33)(H2,30,31,32)/b24-17+. The van der Waals surface area contributed by atoms with Crippen molar-refractivity contribution in [3.05, 3.63) is 115 Å². The summed E-state index contributed by atoms with van der Waals surface area (Å²) in [5.74, 6) is -0.597. The van der Waals surface area contributed by atoms with Gasteiger partial charge in [-0.1, -0.05) is 72.8 Å². The van der Waals surface area contributed by atoms with E-state index in [0.717, 1.165) is 11.1 Å². The zero-order valence-corrected chi connectivity index (χ0v) is 19.9. The minimum absolute atomic E-state index is 0.127. The lowest BCUT2D eigenvalue weighted by Gasteiger charge is -2.11. The van der Waals surface area contributed by atoms with Gasteiger partial charge in [0.25, 0.3) is 10.0 Å². The predicted octanol–water partition coefficient (Wildman–Crippen LogP) is 5.06. The van der Waals surface area contributed by atoms with Gasteiger partial charge in [0.15, 0.2) is 0 Å². The number of amides is 1. The number of hydrogen-bond acceptors (Lipinski definition) is 4. The highest BCUT2D eigenvalue weighted by atomic mass is 32.2. The minimum Gasteiger partial charge on any atom is -0.366 e. The summed E-state index contributed by atoms with van der Waals surface area (Å²) in [4.78, 5) is 19.7. The second-order valence-electron chi connectivity index (χ2n) is 8.11. The Hall–Kier alpha value is -4.69. The van der Waals surface area contributed by atoms with Gasteiger partial charge >= 0.3 is 0 Å². The van der Waals surface area contributed by atoms with E-state index in [9.17, 15) is 13.2 Å². The lowest BCUT2D eigenvalue weighted by molar-refractivity contribution is -0.112. The minimum atomic E-state index is -3.90. The number of sulfonamides is 1. The molecule has 0 atom stereocenters. The van der Waals surface area contributed by atoms with Crippen LogP contribution in [0, 0.1) is 0 Å². The molecule has 8 heteroatoms. The van der Waals surface area contributed by atoms with Crippen LogP contribution in [0.2, 0.25) is 0 Å². The van der Waals surface area contributed by atoms with E-state index in [1.165, 1.54) is 6.20 Å². The SMILES string of the molecule is NC(=O)/C(=C/c1c[nH]c2nccc(NS(=O)(=O)c3ccc(-c4ccccc4)cc3)c12)c1ccccc1. The van der Waals surface area contributed by atoms with Crippen molar-refractivity contribution >= 4 is 44.3 Å². The number of primary amides is 1. The third kappa shape index (κ3) is 4.62. The van der Waals surface area contributed by atoms with E-state index in [0.29, 0.717) is 33.4 Å². The van der Waals surface area contributed by atoms with Crippen LogP contribution in [0.5, 0.6) is 0 Å². The molecule has 36 heavy (non-hydrogen) atoms. The summed E-state index contributed by atoms with van der Waals surface area (Å²) < 4.78 is 29.2. The van der Waals surface area contributed by atoms with Gasteiger partial charge in [0.05, 0.1) is 16.0 Å². The highest BCUT2D eigenvalue weighted by Gasteiger charge is 2.19. The number of nitrogens with two attached hydrogens (primary N) is 1. The number of hydrogen-bond donors (Lipinski definition) is 3. The maximum Gasteiger partial charge on any atom is 0.261 e. The van der Waals surface area contributed by atoms with Crippen LogP contribution in [0.25, 0.3) is 33.8 Å². The smallest absolute Gasteiger partial charge is 0.261 e. The summed E-state index contributed by atoms with van der Waals surface area (Å²) in [6, 6.07) is 27.0. The number of carbonyl (C=O) groups is 1. The molecule has 0 aliphatic carbocycles. The number of aromatic nitrogens is 2. The van der Waals surface area contributed by atoms with E-state index in [4.69, 9.17) is 5.73 Å². The monoisotopic (exact) mass is 494 g/mol. The Morgan fingerprint density at radius 3 is 2.17 bits per heavy atom. The van der Waals surface area contributed by atoms with Crippen molar-refractivity contribution in [1.29, 1.82) is 0 Å². The van der Waals surface area contributed by atoms with Crippen LogP contribution in [0.3, 0.4) is 0 Å². The van der Waals surface area contributed by atoms with Crippen molar-refractivity contribution < 1.29 is 13.2 Å². The van der Waals surface area contributed by atoms with Crippen molar-refractivity contribution in [2.45, 2.75) is 4.90 Å². The number of fused-ring (bicyclic) bond motifs is 1. The van der Waals surface area contributed by atoms with E-state index in [1.54, 1.807) is 54.7 Å². The average Bonchev–Trinajstić information content (AvgIpc) is 3.32. The summed E-state index contributed by atoms with van der Waals surface area (Å²) in [5, 5.41) is 0.525. The highest BCUT2D eigenvalue weighted by Crippen LogP contribution is 2.31. The van der Waals surface area contributed by atoms with Crippen molar-refractivity contribution in [1.82, 2.24) is 9.97 Å². The molecule has 1 amide bonds. The Balaban J connectivity index is 1.52. The number of pyridine rings is 1. The Morgan fingerprint density at radius 1 is 0.861 bits per heavy atom. The molecule has 0 aliphatic heterocycles. The van der Waals surface area contributed by atoms with Crippen molar-refractivity contribution in [3.8, 4) is 11.1 Å². The molecule has 2 aromatic heterocycles. The van der Waals surface area contributed by atoms with E-state index in [2.05, 4.69) is 14.7 Å². The van der Waals surface area contributed by atoms with Crippen LogP contribution in [-0.2, 0) is 14.8 Å². The molecule has 0 radical (unpaired) electrons. The van der Waals surface area contributed by atoms with Gasteiger partial charge in [-0.25, -0.2) is 13.4 Å². The van der Waals surface area contributed by atoms with Crippen LogP contribution < -0.4 is 10.5 Å². The van der Waals surface area contributed by atoms with Crippen molar-refractivity contribution in [3.63, 3.8) is 0 Å². The molecule has 0 saturated heterocycles. The highest BCUT2D eigenvalue weighted by molar-refractivity contribution is 7.92. The molecule has 0 bridgehead atoms. The number of carbonyl (C=O) groups excluding carboxylic acids is 1. The molecule has 0 unspecified atom stereocenters. The predicted molar refractivity (Wildman–Crippen MR) is 142 cm³/mol. The topological polar surface area (TPSA) is 118 Å². The summed E-state index contributed by atoms with van der Waals surface area (Å²) in [5.41, 5.74) is 9.90. The lowest BCUT2D eigenvalue weighted by atomic mass is 10.0. The Morgan fingerprint density at radius 2 is 1.50 bits per heavy atom. The molecule has 0 fully saturated rings. The molecular formula is C28H22N4O3S. The van der Waals surface area contributed by atoms with Gasteiger partial charge in [0.2, 0.25) is 5.91 Å². The first kappa shape index (κ1) is 23.1. The summed E-state index contributed by atoms with van der Waals surface area (Å²) in [6.45, 7) is 0. The van der Waals surface area contributed by atoms with Gasteiger partial charge in [-0.2, -0.15) is 0 Å². The first-order chi connectivity index (χ1) is 17.4. The number of nitrogens with zero attached hydrogens (tertiary/aromatic N) is 1. The third-order valence-corrected chi connectivity index (χ3v) is 7.15. The molecule has 0 aliphatic rings. The van der Waals surface area contributed by atoms with Gasteiger partial charge in [-0.15, -0.1) is 0 Å². The van der Waals surface area contributed by atoms with E-state index in [-0.39, 0.29) is 4.90 Å². The molecule has 0 saturated carbocycles. The Labute approximate surface area is 208 Å². The Kier molecular flexibility index (Phi) is 6.10. The van der Waals surface area contributed by atoms with Crippen LogP contribution in [0.4, 0.5) is 5.69 Å². The molecule has 5 aromatic rings. The number of anilines is 1. The molecule has 2 heterocycles. The molecule has 4 N–H and O–H groups in total. The zero-order chi connectivity index (χ0) is 25.1. The first-order valence-electron chi connectivity index (χ1n) is 11.1. The second-order valence-corrected chi connectivity index (χ2v) is 9.79. The third-order valence-electron chi connectivity index (χ3n) is 5.77. The number of nitrogens with one attached hydrogen (secondary N) is 2. The van der Waals surface area contributed by atoms with Crippen LogP contribution in [0.1, 0.15) is 11.1 Å². The molecule has 3 aromatic carbocycles. The molecular weight excluding hydrogens is 472 g/mol. The zero-order valence-electron chi connectivity index (χ0n) is 19.0. The normalized spacial score (nSPS) is 11.9. The van der Waals surface area contributed by atoms with Gasteiger partial charge in [0.1, 0.15) is 5.65 Å². The largest absolute Gasteiger partial charge is 0.366 e. The number of H-pyrrole nitrogens is 1. The fourth-order valence-corrected chi connectivity index (χ4v) is 5.08. The van der Waals surface area contributed by atoms with E-state index >= 15 is 0 Å². The number of benzene rings is 3.